The van der Waals surface area contributed by atoms with E-state index in [1.54, 1.807) is 36.4 Å². The van der Waals surface area contributed by atoms with Gasteiger partial charge in [0.05, 0.1) is 17.4 Å². The van der Waals surface area contributed by atoms with Crippen LogP contribution in [-0.2, 0) is 22.4 Å². The van der Waals surface area contributed by atoms with Crippen LogP contribution in [0.5, 0.6) is 5.75 Å². The van der Waals surface area contributed by atoms with Gasteiger partial charge in [0.1, 0.15) is 11.3 Å². The SMILES string of the molecule is CCCc1cc(=O)oc2cc(C)cc(OCC(=O)N[C@@H](Cc3ccc(Cl)cc3)C(=O)[O-])c12. The van der Waals surface area contributed by atoms with Gasteiger partial charge in [-0.25, -0.2) is 4.79 Å². The average Bonchev–Trinajstić information content (AvgIpc) is 2.72. The van der Waals surface area contributed by atoms with E-state index in [2.05, 4.69) is 5.32 Å². The van der Waals surface area contributed by atoms with Gasteiger partial charge in [-0.15, -0.1) is 0 Å². The van der Waals surface area contributed by atoms with E-state index in [4.69, 9.17) is 20.8 Å². The van der Waals surface area contributed by atoms with E-state index in [1.165, 1.54) is 6.07 Å². The number of carbonyl (C=O) groups excluding carboxylic acids is 2. The quantitative estimate of drug-likeness (QED) is 0.496. The molecule has 0 unspecified atom stereocenters. The maximum Gasteiger partial charge on any atom is 0.336 e. The van der Waals surface area contributed by atoms with Crippen LogP contribution >= 0.6 is 11.6 Å². The Bertz CT molecular complexity index is 1190. The Kier molecular flexibility index (Phi) is 7.53. The van der Waals surface area contributed by atoms with Crippen molar-refractivity contribution in [3.05, 3.63) is 74.6 Å². The molecule has 0 aliphatic heterocycles. The highest BCUT2D eigenvalue weighted by molar-refractivity contribution is 6.30. The summed E-state index contributed by atoms with van der Waals surface area (Å²) in [5.74, 6) is -1.62. The lowest BCUT2D eigenvalue weighted by Crippen LogP contribution is -2.50. The fraction of sp³-hybridized carbons (Fsp3) is 0.292. The van der Waals surface area contributed by atoms with Crippen LogP contribution in [0.4, 0.5) is 0 Å². The van der Waals surface area contributed by atoms with Crippen molar-refractivity contribution in [3.63, 3.8) is 0 Å². The summed E-state index contributed by atoms with van der Waals surface area (Å²) in [5, 5.41) is 15.1. The summed E-state index contributed by atoms with van der Waals surface area (Å²) in [4.78, 5) is 35.8. The van der Waals surface area contributed by atoms with E-state index < -0.39 is 30.2 Å². The van der Waals surface area contributed by atoms with Crippen molar-refractivity contribution < 1.29 is 23.8 Å². The summed E-state index contributed by atoms with van der Waals surface area (Å²) in [6, 6.07) is 10.3. The lowest BCUT2D eigenvalue weighted by molar-refractivity contribution is -0.308. The van der Waals surface area contributed by atoms with Crippen molar-refractivity contribution in [2.24, 2.45) is 0 Å². The summed E-state index contributed by atoms with van der Waals surface area (Å²) in [6.45, 7) is 3.40. The van der Waals surface area contributed by atoms with Crippen LogP contribution in [0.2, 0.25) is 5.02 Å². The van der Waals surface area contributed by atoms with Crippen LogP contribution in [0.15, 0.2) is 51.7 Å². The predicted octanol–water partition coefficient (Wildman–Crippen LogP) is 2.56. The van der Waals surface area contributed by atoms with E-state index in [-0.39, 0.29) is 6.42 Å². The van der Waals surface area contributed by atoms with Crippen LogP contribution in [0, 0.1) is 6.92 Å². The number of fused-ring (bicyclic) bond motifs is 1. The van der Waals surface area contributed by atoms with Gasteiger partial charge >= 0.3 is 5.63 Å². The molecule has 1 atom stereocenters. The lowest BCUT2D eigenvalue weighted by atomic mass is 10.0. The number of aryl methyl sites for hydroxylation is 2. The fourth-order valence-corrected chi connectivity index (χ4v) is 3.61. The number of ether oxygens (including phenoxy) is 1. The molecule has 0 spiro atoms. The Morgan fingerprint density at radius 3 is 2.56 bits per heavy atom. The lowest BCUT2D eigenvalue weighted by Gasteiger charge is -2.20. The van der Waals surface area contributed by atoms with Crippen LogP contribution in [0.3, 0.4) is 0 Å². The third-order valence-corrected chi connectivity index (χ3v) is 5.14. The van der Waals surface area contributed by atoms with Gasteiger partial charge in [-0.3, -0.25) is 4.79 Å². The molecule has 3 aromatic rings. The molecule has 2 aromatic carbocycles. The number of rotatable bonds is 9. The molecule has 7 nitrogen and oxygen atoms in total. The zero-order chi connectivity index (χ0) is 23.3. The first-order chi connectivity index (χ1) is 15.3. The number of amides is 1. The van der Waals surface area contributed by atoms with E-state index in [0.717, 1.165) is 17.5 Å². The summed E-state index contributed by atoms with van der Waals surface area (Å²) in [5.41, 5.74) is 2.18. The smallest absolute Gasteiger partial charge is 0.336 e. The van der Waals surface area contributed by atoms with Gasteiger partial charge in [0, 0.05) is 11.1 Å². The normalized spacial score (nSPS) is 11.8. The molecule has 0 saturated carbocycles. The number of hydrogen-bond donors (Lipinski definition) is 1. The predicted molar refractivity (Wildman–Crippen MR) is 119 cm³/mol. The minimum atomic E-state index is -1.40. The maximum atomic E-state index is 12.4. The van der Waals surface area contributed by atoms with Gasteiger partial charge in [0.15, 0.2) is 6.61 Å². The van der Waals surface area contributed by atoms with Crippen LogP contribution in [-0.4, -0.2) is 24.5 Å². The molecule has 1 aromatic heterocycles. The van der Waals surface area contributed by atoms with Crippen molar-refractivity contribution in [2.75, 3.05) is 6.61 Å². The first-order valence-electron chi connectivity index (χ1n) is 10.2. The largest absolute Gasteiger partial charge is 0.548 e. The van der Waals surface area contributed by atoms with Crippen molar-refractivity contribution >= 4 is 34.4 Å². The van der Waals surface area contributed by atoms with E-state index in [1.807, 2.05) is 13.8 Å². The minimum absolute atomic E-state index is 0.0461. The molecule has 3 rings (SSSR count). The standard InChI is InChI=1S/C24H24ClNO6/c1-3-4-16-12-22(28)32-20-10-14(2)9-19(23(16)20)31-13-21(27)26-18(24(29)30)11-15-5-7-17(25)8-6-15/h5-10,12,18H,3-4,11,13H2,1-2H3,(H,26,27)(H,29,30)/p-1/t18-/m0/s1. The third kappa shape index (κ3) is 5.88. The monoisotopic (exact) mass is 456 g/mol. The molecule has 0 fully saturated rings. The van der Waals surface area contributed by atoms with Crippen LogP contribution in [0.1, 0.15) is 30.0 Å². The number of halogens is 1. The summed E-state index contributed by atoms with van der Waals surface area (Å²) in [6.07, 6.45) is 1.50. The Hall–Kier alpha value is -3.32. The van der Waals surface area contributed by atoms with E-state index in [0.29, 0.717) is 33.7 Å². The van der Waals surface area contributed by atoms with Crippen molar-refractivity contribution in [2.45, 2.75) is 39.2 Å². The van der Waals surface area contributed by atoms with Crippen LogP contribution in [0.25, 0.3) is 11.0 Å². The molecule has 1 amide bonds. The number of hydrogen-bond acceptors (Lipinski definition) is 6. The highest BCUT2D eigenvalue weighted by Gasteiger charge is 2.17. The number of carboxylic acids is 1. The maximum absolute atomic E-state index is 12.4. The highest BCUT2D eigenvalue weighted by atomic mass is 35.5. The van der Waals surface area contributed by atoms with Gasteiger partial charge in [0.25, 0.3) is 5.91 Å². The van der Waals surface area contributed by atoms with Gasteiger partial charge in [-0.1, -0.05) is 37.1 Å². The Balaban J connectivity index is 1.76. The summed E-state index contributed by atoms with van der Waals surface area (Å²) in [7, 11) is 0. The molecule has 8 heteroatoms. The highest BCUT2D eigenvalue weighted by Crippen LogP contribution is 2.30. The van der Waals surface area contributed by atoms with Gasteiger partial charge < -0.3 is 24.4 Å². The molecule has 168 valence electrons. The molecule has 0 bridgehead atoms. The molecule has 1 heterocycles. The van der Waals surface area contributed by atoms with Crippen LogP contribution < -0.4 is 20.8 Å². The first-order valence-corrected chi connectivity index (χ1v) is 10.6. The molecular weight excluding hydrogens is 434 g/mol. The van der Waals surface area contributed by atoms with Crippen molar-refractivity contribution in [1.29, 1.82) is 0 Å². The molecule has 0 saturated heterocycles. The van der Waals surface area contributed by atoms with Gasteiger partial charge in [0.2, 0.25) is 0 Å². The summed E-state index contributed by atoms with van der Waals surface area (Å²) >= 11 is 5.85. The fourth-order valence-electron chi connectivity index (χ4n) is 3.48. The number of benzene rings is 2. The van der Waals surface area contributed by atoms with Gasteiger partial charge in [-0.2, -0.15) is 0 Å². The molecule has 0 radical (unpaired) electrons. The first kappa shape index (κ1) is 23.3. The summed E-state index contributed by atoms with van der Waals surface area (Å²) < 4.78 is 11.0. The Morgan fingerprint density at radius 1 is 1.19 bits per heavy atom. The topological polar surface area (TPSA) is 109 Å². The van der Waals surface area contributed by atoms with Crippen molar-refractivity contribution in [1.82, 2.24) is 5.32 Å². The zero-order valence-electron chi connectivity index (χ0n) is 17.8. The Labute approximate surface area is 190 Å². The second-order valence-corrected chi connectivity index (χ2v) is 7.97. The number of carboxylic acid groups (broad SMARTS) is 1. The molecule has 0 aliphatic rings. The van der Waals surface area contributed by atoms with E-state index in [9.17, 15) is 19.5 Å². The van der Waals surface area contributed by atoms with E-state index >= 15 is 0 Å². The number of carbonyl (C=O) groups is 2. The Morgan fingerprint density at radius 2 is 1.91 bits per heavy atom. The average molecular weight is 457 g/mol. The minimum Gasteiger partial charge on any atom is -0.548 e. The molecular formula is C24H23ClNO6-. The second kappa shape index (κ2) is 10.3. The zero-order valence-corrected chi connectivity index (χ0v) is 18.5. The number of aliphatic carboxylic acids is 1. The second-order valence-electron chi connectivity index (χ2n) is 7.54. The molecule has 1 N–H and O–H groups in total. The molecule has 0 aliphatic carbocycles. The van der Waals surface area contributed by atoms with Gasteiger partial charge in [-0.05, 0) is 60.7 Å². The number of nitrogens with one attached hydrogen (secondary N) is 1. The molecule has 32 heavy (non-hydrogen) atoms. The van der Waals surface area contributed by atoms with Crippen molar-refractivity contribution in [3.8, 4) is 5.75 Å². The third-order valence-electron chi connectivity index (χ3n) is 4.88.